The van der Waals surface area contributed by atoms with E-state index in [0.717, 1.165) is 0 Å². The third-order valence-electron chi connectivity index (χ3n) is 1.93. The quantitative estimate of drug-likeness (QED) is 0.370. The highest BCUT2D eigenvalue weighted by atomic mass is 16.3. The van der Waals surface area contributed by atoms with Gasteiger partial charge in [-0.05, 0) is 17.7 Å². The van der Waals surface area contributed by atoms with Crippen LogP contribution in [0.5, 0.6) is 0 Å². The van der Waals surface area contributed by atoms with Gasteiger partial charge in [0.2, 0.25) is 0 Å². The zero-order valence-electron chi connectivity index (χ0n) is 7.63. The molecule has 5 nitrogen and oxygen atoms in total. The molecule has 0 spiro atoms. The summed E-state index contributed by atoms with van der Waals surface area (Å²) in [5, 5.41) is 18.1. The van der Waals surface area contributed by atoms with Gasteiger partial charge in [0.25, 0.3) is 5.69 Å². The third kappa shape index (κ3) is 2.51. The predicted molar refractivity (Wildman–Crippen MR) is 50.6 cm³/mol. The Bertz CT molecular complexity index is 310. The molecule has 14 heavy (non-hydrogen) atoms. The molecule has 4 N–H and O–H groups in total. The first-order valence-corrected chi connectivity index (χ1v) is 4.26. The first-order chi connectivity index (χ1) is 6.65. The monoisotopic (exact) mass is 197 g/mol. The summed E-state index contributed by atoms with van der Waals surface area (Å²) in [4.78, 5) is 10.9. The van der Waals surface area contributed by atoms with Crippen molar-refractivity contribution in [3.63, 3.8) is 0 Å². The fourth-order valence-corrected chi connectivity index (χ4v) is 1.13. The van der Waals surface area contributed by atoms with Crippen molar-refractivity contribution in [3.8, 4) is 0 Å². The topological polar surface area (TPSA) is 86.6 Å². The largest absolute Gasteiger partial charge is 0.396 e. The number of rotatable bonds is 4. The fraction of sp³-hybridized carbons (Fsp3) is 0.333. The SMILES string of the molecule is N[N+](=O)c1ccc([C@@H](O)CCO)cc1. The van der Waals surface area contributed by atoms with Crippen LogP contribution < -0.4 is 5.84 Å². The van der Waals surface area contributed by atoms with Gasteiger partial charge in [-0.15, -0.1) is 0 Å². The number of nitrogens with two attached hydrogens (primary N) is 1. The van der Waals surface area contributed by atoms with E-state index in [0.29, 0.717) is 11.3 Å². The Hall–Kier alpha value is -1.46. The van der Waals surface area contributed by atoms with Gasteiger partial charge in [0, 0.05) is 25.2 Å². The van der Waals surface area contributed by atoms with E-state index < -0.39 is 6.10 Å². The summed E-state index contributed by atoms with van der Waals surface area (Å²) in [5.41, 5.74) is 0.981. The number of aliphatic hydroxyl groups is 2. The molecule has 0 aromatic heterocycles. The van der Waals surface area contributed by atoms with Gasteiger partial charge in [0.15, 0.2) is 4.87 Å². The molecule has 0 bridgehead atoms. The molecule has 0 saturated heterocycles. The van der Waals surface area contributed by atoms with Gasteiger partial charge in [-0.2, -0.15) is 5.84 Å². The Balaban J connectivity index is 2.77. The number of hydrazine groups is 1. The van der Waals surface area contributed by atoms with Crippen molar-refractivity contribution in [2.45, 2.75) is 12.5 Å². The van der Waals surface area contributed by atoms with Crippen molar-refractivity contribution in [3.05, 3.63) is 34.7 Å². The Labute approximate surface area is 81.3 Å². The average Bonchev–Trinajstić information content (AvgIpc) is 2.18. The van der Waals surface area contributed by atoms with Gasteiger partial charge in [0.05, 0.1) is 11.0 Å². The molecule has 0 fully saturated rings. The molecule has 0 saturated carbocycles. The standard InChI is InChI=1S/C9H13N2O3/c10-11(14)8-3-1-7(2-4-8)9(13)5-6-12/h1-4,9,12-13H,5-6H2,(H2,10,14)/q+1/t9-/m0/s1. The summed E-state index contributed by atoms with van der Waals surface area (Å²) in [6, 6.07) is 6.24. The van der Waals surface area contributed by atoms with Gasteiger partial charge >= 0.3 is 0 Å². The number of nitroso groups, excluding NO2 is 1. The lowest BCUT2D eigenvalue weighted by Gasteiger charge is -2.07. The highest BCUT2D eigenvalue weighted by Crippen LogP contribution is 2.18. The second-order valence-electron chi connectivity index (χ2n) is 2.95. The molecule has 0 unspecified atom stereocenters. The van der Waals surface area contributed by atoms with Crippen LogP contribution in [0.2, 0.25) is 0 Å². The normalized spacial score (nSPS) is 12.4. The van der Waals surface area contributed by atoms with Gasteiger partial charge in [-0.25, -0.2) is 0 Å². The Morgan fingerprint density at radius 2 is 1.93 bits per heavy atom. The molecular formula is C9H13N2O3+. The Morgan fingerprint density at radius 3 is 2.36 bits per heavy atom. The lowest BCUT2D eigenvalue weighted by atomic mass is 10.1. The molecule has 1 aromatic carbocycles. The van der Waals surface area contributed by atoms with Crippen LogP contribution in [0.4, 0.5) is 5.69 Å². The first-order valence-electron chi connectivity index (χ1n) is 4.26. The smallest absolute Gasteiger partial charge is 0.291 e. The minimum Gasteiger partial charge on any atom is -0.396 e. The number of hydrogen-bond donors (Lipinski definition) is 3. The number of aliphatic hydroxyl groups excluding tert-OH is 2. The molecule has 1 atom stereocenters. The van der Waals surface area contributed by atoms with Crippen LogP contribution in [-0.4, -0.2) is 21.7 Å². The molecular weight excluding hydrogens is 184 g/mol. The predicted octanol–water partition coefficient (Wildman–Crippen LogP) is 0.387. The van der Waals surface area contributed by atoms with E-state index >= 15 is 0 Å². The summed E-state index contributed by atoms with van der Waals surface area (Å²) in [6.07, 6.45) is -0.421. The van der Waals surface area contributed by atoms with E-state index in [1.54, 1.807) is 12.1 Å². The number of hydrogen-bond acceptors (Lipinski definition) is 3. The molecule has 76 valence electrons. The number of nitrogens with zero attached hydrogens (tertiary/aromatic N) is 1. The van der Waals surface area contributed by atoms with Crippen LogP contribution in [0.1, 0.15) is 18.1 Å². The van der Waals surface area contributed by atoms with Crippen LogP contribution >= 0.6 is 0 Å². The van der Waals surface area contributed by atoms with Crippen molar-refractivity contribution in [2.24, 2.45) is 5.84 Å². The molecule has 0 aliphatic carbocycles. The van der Waals surface area contributed by atoms with Gasteiger partial charge < -0.3 is 10.2 Å². The maximum Gasteiger partial charge on any atom is 0.291 e. The van der Waals surface area contributed by atoms with Gasteiger partial charge in [-0.1, -0.05) is 0 Å². The van der Waals surface area contributed by atoms with E-state index in [-0.39, 0.29) is 17.9 Å². The lowest BCUT2D eigenvalue weighted by Crippen LogP contribution is -2.09. The molecule has 0 aliphatic heterocycles. The maximum atomic E-state index is 10.6. The molecule has 1 rings (SSSR count). The van der Waals surface area contributed by atoms with Crippen LogP contribution in [0.3, 0.4) is 0 Å². The van der Waals surface area contributed by atoms with Gasteiger partial charge in [0.1, 0.15) is 0 Å². The van der Waals surface area contributed by atoms with E-state index in [9.17, 15) is 10.0 Å². The zero-order valence-corrected chi connectivity index (χ0v) is 7.63. The molecule has 0 amide bonds. The summed E-state index contributed by atoms with van der Waals surface area (Å²) >= 11 is 0. The third-order valence-corrected chi connectivity index (χ3v) is 1.93. The average molecular weight is 197 g/mol. The van der Waals surface area contributed by atoms with Gasteiger partial charge in [-0.3, -0.25) is 0 Å². The lowest BCUT2D eigenvalue weighted by molar-refractivity contribution is -0.474. The van der Waals surface area contributed by atoms with E-state index in [4.69, 9.17) is 10.9 Å². The maximum absolute atomic E-state index is 10.6. The highest BCUT2D eigenvalue weighted by molar-refractivity contribution is 5.33. The molecule has 5 heteroatoms. The minimum atomic E-state index is -0.702. The van der Waals surface area contributed by atoms with Crippen molar-refractivity contribution in [2.75, 3.05) is 6.61 Å². The summed E-state index contributed by atoms with van der Waals surface area (Å²) in [6.45, 7) is -0.0759. The van der Waals surface area contributed by atoms with Crippen molar-refractivity contribution < 1.29 is 15.1 Å². The summed E-state index contributed by atoms with van der Waals surface area (Å²) in [5.74, 6) is 4.97. The molecule has 0 aliphatic rings. The second kappa shape index (κ2) is 4.69. The fourth-order valence-electron chi connectivity index (χ4n) is 1.13. The van der Waals surface area contributed by atoms with E-state index in [1.165, 1.54) is 12.1 Å². The first kappa shape index (κ1) is 10.6. The van der Waals surface area contributed by atoms with Crippen molar-refractivity contribution in [1.29, 1.82) is 0 Å². The minimum absolute atomic E-state index is 0.0759. The van der Waals surface area contributed by atoms with Crippen LogP contribution in [-0.2, 0) is 0 Å². The summed E-state index contributed by atoms with van der Waals surface area (Å²) in [7, 11) is 0. The number of benzene rings is 1. The second-order valence-corrected chi connectivity index (χ2v) is 2.95. The Kier molecular flexibility index (Phi) is 3.55. The van der Waals surface area contributed by atoms with Crippen LogP contribution in [0.15, 0.2) is 24.3 Å². The molecule has 0 heterocycles. The summed E-state index contributed by atoms with van der Waals surface area (Å²) < 4.78 is 0. The van der Waals surface area contributed by atoms with Crippen LogP contribution in [0, 0.1) is 4.91 Å². The van der Waals surface area contributed by atoms with Crippen molar-refractivity contribution in [1.82, 2.24) is 0 Å². The molecule has 0 radical (unpaired) electrons. The van der Waals surface area contributed by atoms with E-state index in [1.807, 2.05) is 0 Å². The molecule has 1 aromatic rings. The van der Waals surface area contributed by atoms with E-state index in [2.05, 4.69) is 0 Å². The zero-order chi connectivity index (χ0) is 10.6. The Morgan fingerprint density at radius 1 is 1.36 bits per heavy atom. The van der Waals surface area contributed by atoms with Crippen LogP contribution in [0.25, 0.3) is 0 Å². The highest BCUT2D eigenvalue weighted by Gasteiger charge is 2.11. The van der Waals surface area contributed by atoms with Crippen molar-refractivity contribution >= 4 is 5.69 Å².